The van der Waals surface area contributed by atoms with Gasteiger partial charge in [0.15, 0.2) is 0 Å². The summed E-state index contributed by atoms with van der Waals surface area (Å²) in [5, 5.41) is 15.2. The number of carboxylic acids is 1. The molecule has 0 saturated heterocycles. The molecule has 0 aliphatic heterocycles. The highest BCUT2D eigenvalue weighted by molar-refractivity contribution is 5.93. The first-order valence-electron chi connectivity index (χ1n) is 7.62. The van der Waals surface area contributed by atoms with Crippen molar-refractivity contribution in [2.75, 3.05) is 11.9 Å². The van der Waals surface area contributed by atoms with Crippen molar-refractivity contribution >= 4 is 17.6 Å². The van der Waals surface area contributed by atoms with E-state index in [1.54, 1.807) is 11.4 Å². The van der Waals surface area contributed by atoms with Gasteiger partial charge in [-0.15, -0.1) is 0 Å². The number of aliphatic carboxylic acids is 1. The van der Waals surface area contributed by atoms with Crippen LogP contribution in [0.3, 0.4) is 0 Å². The van der Waals surface area contributed by atoms with Crippen molar-refractivity contribution < 1.29 is 24.4 Å². The molecule has 3 N–H and O–H groups in total. The maximum absolute atomic E-state index is 13.0. The van der Waals surface area contributed by atoms with Gasteiger partial charge in [-0.05, 0) is 31.0 Å². The first-order valence-corrected chi connectivity index (χ1v) is 7.62. The third-order valence-corrected chi connectivity index (χ3v) is 3.33. The van der Waals surface area contributed by atoms with E-state index < -0.39 is 23.7 Å². The van der Waals surface area contributed by atoms with Gasteiger partial charge in [-0.1, -0.05) is 25.8 Å². The lowest BCUT2D eigenvalue weighted by Crippen LogP contribution is -2.93. The van der Waals surface area contributed by atoms with Crippen molar-refractivity contribution in [2.45, 2.75) is 45.1 Å². The number of hydrogen-bond acceptors (Lipinski definition) is 3. The molecule has 0 radical (unpaired) electrons. The minimum atomic E-state index is -1.26. The van der Waals surface area contributed by atoms with Gasteiger partial charge in [0, 0.05) is 5.69 Å². The Bertz CT molecular complexity index is 494. The normalized spacial score (nSPS) is 11.9. The highest BCUT2D eigenvalue weighted by atomic mass is 19.1. The predicted molar refractivity (Wildman–Crippen MR) is 79.4 cm³/mol. The third-order valence-electron chi connectivity index (χ3n) is 3.33. The van der Waals surface area contributed by atoms with Gasteiger partial charge in [0.05, 0.1) is 18.9 Å². The summed E-state index contributed by atoms with van der Waals surface area (Å²) in [6, 6.07) is 4.55. The van der Waals surface area contributed by atoms with E-state index in [2.05, 4.69) is 12.2 Å². The number of halogens is 1. The molecule has 0 saturated carbocycles. The maximum Gasteiger partial charge on any atom is 0.230 e. The summed E-state index contributed by atoms with van der Waals surface area (Å²) >= 11 is 0. The molecule has 5 nitrogen and oxygen atoms in total. The molecule has 0 aliphatic rings. The Labute approximate surface area is 129 Å². The number of unbranched alkanes of at least 4 members (excludes halogenated alkanes) is 3. The largest absolute Gasteiger partial charge is 0.544 e. The quantitative estimate of drug-likeness (QED) is 0.614. The lowest BCUT2D eigenvalue weighted by molar-refractivity contribution is -0.682. The lowest BCUT2D eigenvalue weighted by Gasteiger charge is -2.16. The highest BCUT2D eigenvalue weighted by Crippen LogP contribution is 2.09. The summed E-state index contributed by atoms with van der Waals surface area (Å²) < 4.78 is 13.0. The van der Waals surface area contributed by atoms with Gasteiger partial charge in [-0.2, -0.15) is 0 Å². The van der Waals surface area contributed by atoms with Crippen molar-refractivity contribution in [3.8, 4) is 0 Å². The van der Waals surface area contributed by atoms with Crippen molar-refractivity contribution in [3.05, 3.63) is 30.1 Å². The summed E-state index contributed by atoms with van der Waals surface area (Å²) in [5.41, 5.74) is 0.310. The van der Waals surface area contributed by atoms with Gasteiger partial charge in [0.1, 0.15) is 11.9 Å². The van der Waals surface area contributed by atoms with Crippen molar-refractivity contribution in [3.63, 3.8) is 0 Å². The minimum Gasteiger partial charge on any atom is -0.544 e. The fourth-order valence-electron chi connectivity index (χ4n) is 2.13. The van der Waals surface area contributed by atoms with Gasteiger partial charge >= 0.3 is 0 Å². The van der Waals surface area contributed by atoms with Crippen molar-refractivity contribution in [1.29, 1.82) is 0 Å². The second-order valence-corrected chi connectivity index (χ2v) is 5.27. The van der Waals surface area contributed by atoms with Crippen molar-refractivity contribution in [2.24, 2.45) is 0 Å². The van der Waals surface area contributed by atoms with Crippen LogP contribution in [0.5, 0.6) is 0 Å². The number of rotatable bonds is 10. The molecular formula is C16H23FN2O3. The number of benzene rings is 1. The van der Waals surface area contributed by atoms with E-state index >= 15 is 0 Å². The predicted octanol–water partition coefficient (Wildman–Crippen LogP) is 0.417. The van der Waals surface area contributed by atoms with E-state index in [0.29, 0.717) is 12.2 Å². The molecule has 1 rings (SSSR count). The van der Waals surface area contributed by atoms with Crippen LogP contribution in [-0.2, 0) is 9.59 Å². The van der Waals surface area contributed by atoms with Crippen LogP contribution < -0.4 is 15.7 Å². The Balaban J connectivity index is 2.41. The summed E-state index contributed by atoms with van der Waals surface area (Å²) in [6.07, 6.45) is 3.97. The first-order chi connectivity index (χ1) is 10.5. The van der Waals surface area contributed by atoms with Gasteiger partial charge < -0.3 is 20.5 Å². The molecule has 122 valence electrons. The van der Waals surface area contributed by atoms with Crippen LogP contribution in [0.4, 0.5) is 10.1 Å². The molecule has 0 heterocycles. The molecule has 0 spiro atoms. The fourth-order valence-corrected chi connectivity index (χ4v) is 2.13. The van der Waals surface area contributed by atoms with Gasteiger partial charge in [0.25, 0.3) is 0 Å². The monoisotopic (exact) mass is 310 g/mol. The SMILES string of the molecule is CCCCCC[NH2+][C@@H](CC(=O)Nc1cccc(F)c1)C(=O)[O-]. The van der Waals surface area contributed by atoms with Crippen LogP contribution in [0.2, 0.25) is 0 Å². The minimum absolute atomic E-state index is 0.202. The zero-order chi connectivity index (χ0) is 16.4. The molecule has 0 aliphatic carbocycles. The molecule has 0 unspecified atom stereocenters. The molecule has 0 fully saturated rings. The van der Waals surface area contributed by atoms with Crippen LogP contribution in [0, 0.1) is 5.82 Å². The standard InChI is InChI=1S/C16H23FN2O3/c1-2-3-4-5-9-18-14(16(21)22)11-15(20)19-13-8-6-7-12(17)10-13/h6-8,10,14,18H,2-5,9,11H2,1H3,(H,19,20)(H,21,22)/t14-/m0/s1. The zero-order valence-corrected chi connectivity index (χ0v) is 12.8. The first kappa shape index (κ1) is 18.1. The second kappa shape index (κ2) is 9.89. The summed E-state index contributed by atoms with van der Waals surface area (Å²) in [4.78, 5) is 22.9. The summed E-state index contributed by atoms with van der Waals surface area (Å²) in [7, 11) is 0. The molecule has 1 aromatic carbocycles. The number of amides is 1. The number of nitrogens with one attached hydrogen (secondary N) is 1. The number of carbonyl (C=O) groups excluding carboxylic acids is 2. The van der Waals surface area contributed by atoms with Gasteiger partial charge in [-0.3, -0.25) is 4.79 Å². The number of anilines is 1. The van der Waals surface area contributed by atoms with Crippen LogP contribution in [0.25, 0.3) is 0 Å². The molecule has 0 bridgehead atoms. The van der Waals surface area contributed by atoms with E-state index in [-0.39, 0.29) is 6.42 Å². The smallest absolute Gasteiger partial charge is 0.230 e. The molecule has 1 amide bonds. The average Bonchev–Trinajstić information content (AvgIpc) is 2.45. The Morgan fingerprint density at radius 2 is 2.09 bits per heavy atom. The number of carboxylic acid groups (broad SMARTS) is 1. The highest BCUT2D eigenvalue weighted by Gasteiger charge is 2.18. The van der Waals surface area contributed by atoms with E-state index in [1.165, 1.54) is 18.2 Å². The lowest BCUT2D eigenvalue weighted by atomic mass is 10.1. The maximum atomic E-state index is 13.0. The molecular weight excluding hydrogens is 287 g/mol. The fraction of sp³-hybridized carbons (Fsp3) is 0.500. The van der Waals surface area contributed by atoms with Gasteiger partial charge in [-0.25, -0.2) is 4.39 Å². The second-order valence-electron chi connectivity index (χ2n) is 5.27. The number of carbonyl (C=O) groups is 2. The average molecular weight is 310 g/mol. The summed E-state index contributed by atoms with van der Waals surface area (Å²) in [5.74, 6) is -2.19. The van der Waals surface area contributed by atoms with Crippen LogP contribution in [-0.4, -0.2) is 24.5 Å². The molecule has 1 aromatic rings. The Morgan fingerprint density at radius 1 is 1.32 bits per heavy atom. The topological polar surface area (TPSA) is 85.8 Å². The Hall–Kier alpha value is -1.95. The Morgan fingerprint density at radius 3 is 2.73 bits per heavy atom. The van der Waals surface area contributed by atoms with E-state index in [0.717, 1.165) is 25.7 Å². The number of hydrogen-bond donors (Lipinski definition) is 2. The zero-order valence-electron chi connectivity index (χ0n) is 12.8. The molecule has 6 heteroatoms. The summed E-state index contributed by atoms with van der Waals surface area (Å²) in [6.45, 7) is 2.75. The number of nitrogens with two attached hydrogens (primary N) is 1. The van der Waals surface area contributed by atoms with E-state index in [1.807, 2.05) is 0 Å². The third kappa shape index (κ3) is 7.17. The Kier molecular flexibility index (Phi) is 8.14. The molecule has 22 heavy (non-hydrogen) atoms. The van der Waals surface area contributed by atoms with E-state index in [4.69, 9.17) is 0 Å². The van der Waals surface area contributed by atoms with Crippen LogP contribution in [0.1, 0.15) is 39.0 Å². The van der Waals surface area contributed by atoms with Gasteiger partial charge in [0.2, 0.25) is 5.91 Å². The van der Waals surface area contributed by atoms with Crippen molar-refractivity contribution in [1.82, 2.24) is 0 Å². The van der Waals surface area contributed by atoms with E-state index in [9.17, 15) is 19.1 Å². The van der Waals surface area contributed by atoms with Crippen LogP contribution >= 0.6 is 0 Å². The number of quaternary nitrogens is 1. The van der Waals surface area contributed by atoms with Crippen LogP contribution in [0.15, 0.2) is 24.3 Å². The molecule has 0 aromatic heterocycles. The molecule has 1 atom stereocenters.